The van der Waals surface area contributed by atoms with Gasteiger partial charge < -0.3 is 15.4 Å². The zero-order valence-corrected chi connectivity index (χ0v) is 17.6. The van der Waals surface area contributed by atoms with Crippen LogP contribution >= 0.6 is 0 Å². The third-order valence-corrected chi connectivity index (χ3v) is 4.59. The highest BCUT2D eigenvalue weighted by Crippen LogP contribution is 2.19. The van der Waals surface area contributed by atoms with Crippen LogP contribution in [0.25, 0.3) is 6.08 Å². The number of ether oxygens (including phenoxy) is 1. The number of H-pyrrole nitrogens is 1. The molecule has 3 rings (SSSR count). The molecule has 0 aliphatic heterocycles. The Balaban J connectivity index is 1.63. The van der Waals surface area contributed by atoms with E-state index in [1.54, 1.807) is 27.0 Å². The molecule has 0 spiro atoms. The van der Waals surface area contributed by atoms with Crippen molar-refractivity contribution in [3.05, 3.63) is 83.4 Å². The molecule has 2 unspecified atom stereocenters. The van der Waals surface area contributed by atoms with Gasteiger partial charge in [-0.25, -0.2) is 4.98 Å². The minimum absolute atomic E-state index is 0.345. The van der Waals surface area contributed by atoms with Gasteiger partial charge in [0.15, 0.2) is 5.82 Å². The van der Waals surface area contributed by atoms with Crippen LogP contribution in [0.1, 0.15) is 35.7 Å². The molecule has 0 aliphatic carbocycles. The summed E-state index contributed by atoms with van der Waals surface area (Å²) in [7, 11) is 1.59. The highest BCUT2D eigenvalue weighted by Gasteiger charge is 2.24. The van der Waals surface area contributed by atoms with Gasteiger partial charge in [-0.05, 0) is 43.2 Å². The number of carbonyl (C=O) groups excluding carboxylic acids is 2. The number of hydrogen-bond acceptors (Lipinski definition) is 5. The monoisotopic (exact) mass is 419 g/mol. The second kappa shape index (κ2) is 10.2. The van der Waals surface area contributed by atoms with Crippen LogP contribution in [0.3, 0.4) is 0 Å². The van der Waals surface area contributed by atoms with E-state index < -0.39 is 12.1 Å². The van der Waals surface area contributed by atoms with Crippen LogP contribution in [0, 0.1) is 6.92 Å². The Labute approximate surface area is 180 Å². The van der Waals surface area contributed by atoms with Gasteiger partial charge in [-0.15, -0.1) is 0 Å². The number of carbonyl (C=O) groups is 2. The molecule has 0 fully saturated rings. The first-order chi connectivity index (χ1) is 15.0. The van der Waals surface area contributed by atoms with Crippen molar-refractivity contribution < 1.29 is 14.3 Å². The van der Waals surface area contributed by atoms with E-state index in [2.05, 4.69) is 25.8 Å². The lowest BCUT2D eigenvalue weighted by molar-refractivity contribution is -0.127. The molecule has 0 saturated carbocycles. The number of nitrogens with one attached hydrogen (secondary N) is 3. The van der Waals surface area contributed by atoms with Crippen molar-refractivity contribution >= 4 is 17.9 Å². The van der Waals surface area contributed by atoms with Crippen LogP contribution in [0.4, 0.5) is 0 Å². The molecule has 0 aliphatic rings. The van der Waals surface area contributed by atoms with Gasteiger partial charge in [-0.2, -0.15) is 5.10 Å². The SMILES string of the molecule is COc1ccc(/C=C/C(=O)NC(C)C(=O)NC(c2ccccc2)c2n[nH]c(C)n2)cc1. The molecular formula is C23H25N5O3. The zero-order valence-electron chi connectivity index (χ0n) is 17.6. The van der Waals surface area contributed by atoms with Crippen LogP contribution < -0.4 is 15.4 Å². The largest absolute Gasteiger partial charge is 0.497 e. The van der Waals surface area contributed by atoms with Crippen molar-refractivity contribution in [3.8, 4) is 5.75 Å². The van der Waals surface area contributed by atoms with Gasteiger partial charge in [0.05, 0.1) is 7.11 Å². The zero-order chi connectivity index (χ0) is 22.2. The summed E-state index contributed by atoms with van der Waals surface area (Å²) in [4.78, 5) is 29.4. The van der Waals surface area contributed by atoms with Gasteiger partial charge in [0.25, 0.3) is 0 Å². The maximum atomic E-state index is 12.8. The summed E-state index contributed by atoms with van der Waals surface area (Å²) < 4.78 is 5.11. The van der Waals surface area contributed by atoms with Crippen LogP contribution in [-0.2, 0) is 9.59 Å². The van der Waals surface area contributed by atoms with Crippen LogP contribution in [0.2, 0.25) is 0 Å². The Kier molecular flexibility index (Phi) is 7.16. The molecule has 8 heteroatoms. The standard InChI is InChI=1S/C23H25N5O3/c1-15(24-20(29)14-11-17-9-12-19(31-3)13-10-17)23(30)26-21(18-7-5-4-6-8-18)22-25-16(2)27-28-22/h4-15,21H,1-3H3,(H,24,29)(H,26,30)(H,25,27,28)/b14-11+. The minimum atomic E-state index is -0.751. The predicted octanol–water partition coefficient (Wildman–Crippen LogP) is 2.55. The fourth-order valence-corrected chi connectivity index (χ4v) is 2.91. The molecule has 3 N–H and O–H groups in total. The first-order valence-electron chi connectivity index (χ1n) is 9.83. The maximum Gasteiger partial charge on any atom is 0.244 e. The van der Waals surface area contributed by atoms with Crippen LogP contribution in [0.5, 0.6) is 5.75 Å². The fourth-order valence-electron chi connectivity index (χ4n) is 2.91. The van der Waals surface area contributed by atoms with Gasteiger partial charge >= 0.3 is 0 Å². The summed E-state index contributed by atoms with van der Waals surface area (Å²) in [5, 5.41) is 12.6. The lowest BCUT2D eigenvalue weighted by Gasteiger charge is -2.19. The molecule has 2 atom stereocenters. The van der Waals surface area contributed by atoms with Gasteiger partial charge in [0, 0.05) is 6.08 Å². The normalized spacial score (nSPS) is 12.9. The Morgan fingerprint density at radius 1 is 1.06 bits per heavy atom. The number of aryl methyl sites for hydroxylation is 1. The number of aromatic amines is 1. The second-order valence-electron chi connectivity index (χ2n) is 6.97. The topological polar surface area (TPSA) is 109 Å². The summed E-state index contributed by atoms with van der Waals surface area (Å²) in [5.41, 5.74) is 1.69. The summed E-state index contributed by atoms with van der Waals surface area (Å²) >= 11 is 0. The molecule has 0 saturated heterocycles. The Bertz CT molecular complexity index is 1040. The average molecular weight is 419 g/mol. The van der Waals surface area contributed by atoms with E-state index >= 15 is 0 Å². The van der Waals surface area contributed by atoms with Crippen molar-refractivity contribution in [2.24, 2.45) is 0 Å². The molecule has 8 nitrogen and oxygen atoms in total. The third-order valence-electron chi connectivity index (χ3n) is 4.59. The fraction of sp³-hybridized carbons (Fsp3) is 0.217. The number of nitrogens with zero attached hydrogens (tertiary/aromatic N) is 2. The molecule has 1 aromatic heterocycles. The van der Waals surface area contributed by atoms with E-state index in [4.69, 9.17) is 4.74 Å². The highest BCUT2D eigenvalue weighted by molar-refractivity contribution is 5.95. The van der Waals surface area contributed by atoms with Gasteiger partial charge in [0.1, 0.15) is 23.7 Å². The number of rotatable bonds is 8. The highest BCUT2D eigenvalue weighted by atomic mass is 16.5. The average Bonchev–Trinajstić information content (AvgIpc) is 3.22. The van der Waals surface area contributed by atoms with Crippen molar-refractivity contribution in [1.29, 1.82) is 0 Å². The first kappa shape index (κ1) is 21.8. The van der Waals surface area contributed by atoms with E-state index in [0.29, 0.717) is 11.6 Å². The summed E-state index contributed by atoms with van der Waals surface area (Å²) in [6.45, 7) is 3.41. The van der Waals surface area contributed by atoms with E-state index in [1.165, 1.54) is 6.08 Å². The van der Waals surface area contributed by atoms with Gasteiger partial charge in [0.2, 0.25) is 11.8 Å². The van der Waals surface area contributed by atoms with E-state index in [1.807, 2.05) is 54.6 Å². The second-order valence-corrected chi connectivity index (χ2v) is 6.97. The molecular weight excluding hydrogens is 394 g/mol. The van der Waals surface area contributed by atoms with Crippen LogP contribution in [0.15, 0.2) is 60.7 Å². The lowest BCUT2D eigenvalue weighted by atomic mass is 10.1. The molecule has 3 aromatic rings. The molecule has 1 heterocycles. The van der Waals surface area contributed by atoms with E-state index in [-0.39, 0.29) is 11.8 Å². The number of aromatic nitrogens is 3. The molecule has 31 heavy (non-hydrogen) atoms. The summed E-state index contributed by atoms with van der Waals surface area (Å²) in [6, 6.07) is 15.4. The Morgan fingerprint density at radius 3 is 2.39 bits per heavy atom. The maximum absolute atomic E-state index is 12.8. The van der Waals surface area contributed by atoms with Crippen molar-refractivity contribution in [2.75, 3.05) is 7.11 Å². The van der Waals surface area contributed by atoms with E-state index in [0.717, 1.165) is 16.9 Å². The number of benzene rings is 2. The van der Waals surface area contributed by atoms with Gasteiger partial charge in [-0.3, -0.25) is 14.7 Å². The van der Waals surface area contributed by atoms with Crippen molar-refractivity contribution in [2.45, 2.75) is 25.9 Å². The number of amides is 2. The predicted molar refractivity (Wildman–Crippen MR) is 117 cm³/mol. The molecule has 0 bridgehead atoms. The number of methoxy groups -OCH3 is 1. The lowest BCUT2D eigenvalue weighted by Crippen LogP contribution is -2.45. The van der Waals surface area contributed by atoms with Crippen LogP contribution in [-0.4, -0.2) is 40.1 Å². The van der Waals surface area contributed by atoms with Crippen molar-refractivity contribution in [1.82, 2.24) is 25.8 Å². The molecule has 0 radical (unpaired) electrons. The smallest absolute Gasteiger partial charge is 0.244 e. The van der Waals surface area contributed by atoms with Gasteiger partial charge in [-0.1, -0.05) is 42.5 Å². The Morgan fingerprint density at radius 2 is 1.77 bits per heavy atom. The molecule has 160 valence electrons. The molecule has 2 amide bonds. The quantitative estimate of drug-likeness (QED) is 0.486. The van der Waals surface area contributed by atoms with E-state index in [9.17, 15) is 9.59 Å². The summed E-state index contributed by atoms with van der Waals surface area (Å²) in [6.07, 6.45) is 3.06. The molecule has 2 aromatic carbocycles. The third kappa shape index (κ3) is 6.02. The first-order valence-corrected chi connectivity index (χ1v) is 9.83. The Hall–Kier alpha value is -3.94. The number of hydrogen-bond donors (Lipinski definition) is 3. The van der Waals surface area contributed by atoms with Crippen molar-refractivity contribution in [3.63, 3.8) is 0 Å². The minimum Gasteiger partial charge on any atom is -0.497 e. The summed E-state index contributed by atoms with van der Waals surface area (Å²) in [5.74, 6) is 1.12.